The summed E-state index contributed by atoms with van der Waals surface area (Å²) in [5.41, 5.74) is 0. The molecule has 1 fully saturated rings. The van der Waals surface area contributed by atoms with Gasteiger partial charge in [0.2, 0.25) is 0 Å². The van der Waals surface area contributed by atoms with Gasteiger partial charge in [-0.05, 0) is 24.3 Å². The SMILES string of the molecule is c1ccc2c(ON3CCCCC3)cccc2c1. The van der Waals surface area contributed by atoms with E-state index in [4.69, 9.17) is 4.84 Å². The molecule has 1 aliphatic heterocycles. The molecule has 0 aromatic heterocycles. The first kappa shape index (κ1) is 10.6. The molecule has 2 aromatic carbocycles. The van der Waals surface area contributed by atoms with E-state index >= 15 is 0 Å². The van der Waals surface area contributed by atoms with Crippen LogP contribution in [0.25, 0.3) is 10.8 Å². The summed E-state index contributed by atoms with van der Waals surface area (Å²) in [4.78, 5) is 6.00. The Balaban J connectivity index is 1.89. The van der Waals surface area contributed by atoms with Crippen LogP contribution in [0.2, 0.25) is 0 Å². The van der Waals surface area contributed by atoms with Gasteiger partial charge in [0.1, 0.15) is 0 Å². The predicted molar refractivity (Wildman–Crippen MR) is 70.0 cm³/mol. The molecule has 0 bridgehead atoms. The Hall–Kier alpha value is -1.54. The molecule has 0 spiro atoms. The van der Waals surface area contributed by atoms with Crippen molar-refractivity contribution >= 4 is 10.8 Å². The standard InChI is InChI=1S/C15H17NO/c1-4-11-16(12-5-1)17-15-10-6-8-13-7-2-3-9-14(13)15/h2-3,6-10H,1,4-5,11-12H2. The molecule has 3 rings (SSSR count). The fourth-order valence-corrected chi connectivity index (χ4v) is 2.37. The van der Waals surface area contributed by atoms with Crippen LogP contribution in [-0.2, 0) is 0 Å². The number of benzene rings is 2. The molecule has 0 saturated carbocycles. The summed E-state index contributed by atoms with van der Waals surface area (Å²) >= 11 is 0. The average molecular weight is 227 g/mol. The van der Waals surface area contributed by atoms with E-state index in [-0.39, 0.29) is 0 Å². The van der Waals surface area contributed by atoms with Crippen LogP contribution < -0.4 is 4.84 Å². The maximum atomic E-state index is 6.00. The Kier molecular flexibility index (Phi) is 2.97. The van der Waals surface area contributed by atoms with Crippen molar-refractivity contribution in [3.8, 4) is 5.75 Å². The lowest BCUT2D eigenvalue weighted by Gasteiger charge is -2.26. The molecule has 1 saturated heterocycles. The van der Waals surface area contributed by atoms with Gasteiger partial charge in [0.05, 0.1) is 0 Å². The Labute approximate surface area is 102 Å². The zero-order chi connectivity index (χ0) is 11.5. The lowest BCUT2D eigenvalue weighted by Crippen LogP contribution is -2.32. The molecule has 0 aliphatic carbocycles. The molecule has 1 heterocycles. The second-order valence-corrected chi connectivity index (χ2v) is 4.56. The van der Waals surface area contributed by atoms with Crippen molar-refractivity contribution in [1.29, 1.82) is 0 Å². The van der Waals surface area contributed by atoms with Crippen LogP contribution in [0, 0.1) is 0 Å². The Morgan fingerprint density at radius 3 is 2.47 bits per heavy atom. The molecule has 0 atom stereocenters. The Morgan fingerprint density at radius 2 is 1.59 bits per heavy atom. The third-order valence-electron chi connectivity index (χ3n) is 3.29. The molecular formula is C15H17NO. The van der Waals surface area contributed by atoms with Gasteiger partial charge < -0.3 is 4.84 Å². The van der Waals surface area contributed by atoms with E-state index in [1.165, 1.54) is 30.0 Å². The zero-order valence-electron chi connectivity index (χ0n) is 9.93. The van der Waals surface area contributed by atoms with E-state index in [0.29, 0.717) is 0 Å². The molecule has 0 radical (unpaired) electrons. The number of nitrogens with zero attached hydrogens (tertiary/aromatic N) is 1. The molecule has 1 aliphatic rings. The molecule has 2 heteroatoms. The first-order chi connectivity index (χ1) is 8.43. The van der Waals surface area contributed by atoms with Crippen LogP contribution in [0.4, 0.5) is 0 Å². The summed E-state index contributed by atoms with van der Waals surface area (Å²) in [5.74, 6) is 0.977. The second-order valence-electron chi connectivity index (χ2n) is 4.56. The topological polar surface area (TPSA) is 12.5 Å². The van der Waals surface area contributed by atoms with Crippen molar-refractivity contribution in [2.24, 2.45) is 0 Å². The summed E-state index contributed by atoms with van der Waals surface area (Å²) in [6, 6.07) is 14.6. The summed E-state index contributed by atoms with van der Waals surface area (Å²) in [7, 11) is 0. The van der Waals surface area contributed by atoms with Crippen LogP contribution in [-0.4, -0.2) is 18.2 Å². The molecule has 0 amide bonds. The first-order valence-electron chi connectivity index (χ1n) is 6.34. The number of hydrogen-bond acceptors (Lipinski definition) is 2. The summed E-state index contributed by atoms with van der Waals surface area (Å²) < 4.78 is 0. The van der Waals surface area contributed by atoms with E-state index in [0.717, 1.165) is 18.8 Å². The minimum Gasteiger partial charge on any atom is -0.405 e. The normalized spacial score (nSPS) is 17.2. The molecule has 2 aromatic rings. The van der Waals surface area contributed by atoms with Gasteiger partial charge in [0.15, 0.2) is 5.75 Å². The smallest absolute Gasteiger partial charge is 0.155 e. The highest BCUT2D eigenvalue weighted by Crippen LogP contribution is 2.26. The van der Waals surface area contributed by atoms with Crippen LogP contribution >= 0.6 is 0 Å². The maximum absolute atomic E-state index is 6.00. The van der Waals surface area contributed by atoms with Gasteiger partial charge in [-0.15, -0.1) is 5.06 Å². The predicted octanol–water partition coefficient (Wildman–Crippen LogP) is 3.62. The van der Waals surface area contributed by atoms with E-state index in [9.17, 15) is 0 Å². The number of hydrogen-bond donors (Lipinski definition) is 0. The highest BCUT2D eigenvalue weighted by Gasteiger charge is 2.12. The van der Waals surface area contributed by atoms with Gasteiger partial charge in [-0.2, -0.15) is 0 Å². The number of hydroxylamine groups is 2. The fourth-order valence-electron chi connectivity index (χ4n) is 2.37. The number of fused-ring (bicyclic) bond motifs is 1. The van der Waals surface area contributed by atoms with E-state index < -0.39 is 0 Å². The highest BCUT2D eigenvalue weighted by molar-refractivity contribution is 5.88. The Morgan fingerprint density at radius 1 is 0.824 bits per heavy atom. The largest absolute Gasteiger partial charge is 0.405 e. The van der Waals surface area contributed by atoms with Crippen molar-refractivity contribution in [1.82, 2.24) is 5.06 Å². The van der Waals surface area contributed by atoms with Gasteiger partial charge in [0.25, 0.3) is 0 Å². The minimum absolute atomic E-state index is 0.977. The molecule has 88 valence electrons. The summed E-state index contributed by atoms with van der Waals surface area (Å²) in [6.07, 6.45) is 3.81. The lowest BCUT2D eigenvalue weighted by atomic mass is 10.1. The van der Waals surface area contributed by atoms with Crippen molar-refractivity contribution in [3.05, 3.63) is 42.5 Å². The average Bonchev–Trinajstić information content (AvgIpc) is 2.40. The van der Waals surface area contributed by atoms with Gasteiger partial charge in [-0.3, -0.25) is 0 Å². The lowest BCUT2D eigenvalue weighted by molar-refractivity contribution is -0.0706. The van der Waals surface area contributed by atoms with Gasteiger partial charge in [0, 0.05) is 18.5 Å². The summed E-state index contributed by atoms with van der Waals surface area (Å²) in [6.45, 7) is 2.09. The van der Waals surface area contributed by atoms with Crippen LogP contribution in [0.5, 0.6) is 5.75 Å². The quantitative estimate of drug-likeness (QED) is 0.777. The molecule has 0 unspecified atom stereocenters. The maximum Gasteiger partial charge on any atom is 0.155 e. The van der Waals surface area contributed by atoms with Crippen molar-refractivity contribution in [3.63, 3.8) is 0 Å². The fraction of sp³-hybridized carbons (Fsp3) is 0.333. The van der Waals surface area contributed by atoms with E-state index in [2.05, 4.69) is 47.5 Å². The number of piperidine rings is 1. The van der Waals surface area contributed by atoms with Crippen molar-refractivity contribution in [2.75, 3.05) is 13.1 Å². The molecule has 2 nitrogen and oxygen atoms in total. The van der Waals surface area contributed by atoms with Crippen LogP contribution in [0.15, 0.2) is 42.5 Å². The first-order valence-corrected chi connectivity index (χ1v) is 6.34. The van der Waals surface area contributed by atoms with Gasteiger partial charge >= 0.3 is 0 Å². The van der Waals surface area contributed by atoms with Crippen molar-refractivity contribution < 1.29 is 4.84 Å². The van der Waals surface area contributed by atoms with Gasteiger partial charge in [-0.1, -0.05) is 42.8 Å². The Bertz CT molecular complexity index is 498. The monoisotopic (exact) mass is 227 g/mol. The van der Waals surface area contributed by atoms with E-state index in [1.54, 1.807) is 0 Å². The second kappa shape index (κ2) is 4.76. The zero-order valence-corrected chi connectivity index (χ0v) is 9.93. The van der Waals surface area contributed by atoms with Gasteiger partial charge in [-0.25, -0.2) is 0 Å². The third kappa shape index (κ3) is 2.27. The third-order valence-corrected chi connectivity index (χ3v) is 3.29. The van der Waals surface area contributed by atoms with Crippen LogP contribution in [0.1, 0.15) is 19.3 Å². The van der Waals surface area contributed by atoms with E-state index in [1.807, 2.05) is 0 Å². The summed E-state index contributed by atoms with van der Waals surface area (Å²) in [5, 5.41) is 4.52. The minimum atomic E-state index is 0.977. The van der Waals surface area contributed by atoms with Crippen LogP contribution in [0.3, 0.4) is 0 Å². The van der Waals surface area contributed by atoms with Crippen molar-refractivity contribution in [2.45, 2.75) is 19.3 Å². The molecule has 0 N–H and O–H groups in total. The molecular weight excluding hydrogens is 210 g/mol. The molecule has 17 heavy (non-hydrogen) atoms. The number of rotatable bonds is 2. The highest BCUT2D eigenvalue weighted by atomic mass is 16.7.